The van der Waals surface area contributed by atoms with Crippen molar-refractivity contribution in [3.8, 4) is 5.75 Å². The third kappa shape index (κ3) is 1.94. The third-order valence-electron chi connectivity index (χ3n) is 3.72. The van der Waals surface area contributed by atoms with Crippen molar-refractivity contribution >= 4 is 17.2 Å². The molecule has 1 aromatic rings. The first-order chi connectivity index (χ1) is 8.28. The maximum absolute atomic E-state index is 5.93. The van der Waals surface area contributed by atoms with Crippen molar-refractivity contribution in [1.82, 2.24) is 10.3 Å². The summed E-state index contributed by atoms with van der Waals surface area (Å²) < 4.78 is 5.20. The lowest BCUT2D eigenvalue weighted by Gasteiger charge is -2.41. The van der Waals surface area contributed by atoms with E-state index < -0.39 is 0 Å². The van der Waals surface area contributed by atoms with Gasteiger partial charge in [-0.15, -0.1) is 0 Å². The molecular weight excluding hydrogens is 236 g/mol. The molecule has 90 valence electrons. The van der Waals surface area contributed by atoms with E-state index in [1.807, 2.05) is 12.3 Å². The van der Waals surface area contributed by atoms with E-state index in [0.717, 1.165) is 30.9 Å². The maximum Gasteiger partial charge on any atom is 0.171 e. The summed E-state index contributed by atoms with van der Waals surface area (Å²) in [6.45, 7) is 1.16. The van der Waals surface area contributed by atoms with Crippen molar-refractivity contribution in [2.24, 2.45) is 5.92 Å². The Morgan fingerprint density at radius 2 is 2.41 bits per heavy atom. The first-order valence-corrected chi connectivity index (χ1v) is 6.28. The number of methoxy groups -OCH3 is 1. The number of allylic oxidation sites excluding steroid dienone is 1. The largest absolute Gasteiger partial charge is 0.494 e. The van der Waals surface area contributed by atoms with Crippen LogP contribution in [0.25, 0.3) is 5.57 Å². The van der Waals surface area contributed by atoms with E-state index in [1.165, 1.54) is 5.57 Å². The number of pyridine rings is 1. The van der Waals surface area contributed by atoms with Gasteiger partial charge in [-0.1, -0.05) is 17.7 Å². The van der Waals surface area contributed by atoms with Crippen molar-refractivity contribution in [2.45, 2.75) is 18.9 Å². The monoisotopic (exact) mass is 250 g/mol. The minimum absolute atomic E-state index is 0.423. The van der Waals surface area contributed by atoms with Gasteiger partial charge in [-0.05, 0) is 36.0 Å². The van der Waals surface area contributed by atoms with Gasteiger partial charge in [0.05, 0.1) is 7.11 Å². The fourth-order valence-corrected chi connectivity index (χ4v) is 2.71. The molecule has 2 atom stereocenters. The number of aromatic nitrogens is 1. The van der Waals surface area contributed by atoms with Gasteiger partial charge in [0.25, 0.3) is 0 Å². The number of halogens is 1. The van der Waals surface area contributed by atoms with Crippen LogP contribution in [0.5, 0.6) is 5.75 Å². The summed E-state index contributed by atoms with van der Waals surface area (Å²) in [5, 5.41) is 3.89. The molecule has 4 heteroatoms. The van der Waals surface area contributed by atoms with Gasteiger partial charge in [0.1, 0.15) is 0 Å². The highest BCUT2D eigenvalue weighted by atomic mass is 35.5. The van der Waals surface area contributed by atoms with Crippen molar-refractivity contribution in [3.63, 3.8) is 0 Å². The van der Waals surface area contributed by atoms with Crippen LogP contribution in [0.3, 0.4) is 0 Å². The van der Waals surface area contributed by atoms with Crippen LogP contribution in [0.2, 0.25) is 5.15 Å². The first kappa shape index (κ1) is 11.1. The van der Waals surface area contributed by atoms with Crippen molar-refractivity contribution in [2.75, 3.05) is 13.7 Å². The molecule has 0 amide bonds. The van der Waals surface area contributed by atoms with Gasteiger partial charge in [-0.3, -0.25) is 0 Å². The highest BCUT2D eigenvalue weighted by Gasteiger charge is 2.33. The lowest BCUT2D eigenvalue weighted by atomic mass is 9.78. The zero-order chi connectivity index (χ0) is 11.8. The summed E-state index contributed by atoms with van der Waals surface area (Å²) >= 11 is 5.93. The molecule has 0 aromatic carbocycles. The number of nitrogens with one attached hydrogen (secondary N) is 1. The van der Waals surface area contributed by atoms with Crippen molar-refractivity contribution in [1.29, 1.82) is 0 Å². The molecule has 0 bridgehead atoms. The van der Waals surface area contributed by atoms with Crippen LogP contribution < -0.4 is 10.1 Å². The SMILES string of the molecule is COc1cc(C2=CC[C@@H]3CN[C@@H]3C2)cnc1Cl. The molecule has 2 aliphatic rings. The smallest absolute Gasteiger partial charge is 0.171 e. The zero-order valence-corrected chi connectivity index (χ0v) is 10.5. The molecule has 1 aliphatic heterocycles. The lowest BCUT2D eigenvalue weighted by molar-refractivity contribution is 0.230. The minimum Gasteiger partial charge on any atom is -0.494 e. The van der Waals surface area contributed by atoms with Crippen LogP contribution in [0.1, 0.15) is 18.4 Å². The van der Waals surface area contributed by atoms with E-state index in [-0.39, 0.29) is 0 Å². The van der Waals surface area contributed by atoms with E-state index in [4.69, 9.17) is 16.3 Å². The second-order valence-electron chi connectivity index (χ2n) is 4.66. The Hall–Kier alpha value is -1.06. The first-order valence-electron chi connectivity index (χ1n) is 5.90. The predicted molar refractivity (Wildman–Crippen MR) is 68.3 cm³/mol. The molecular formula is C13H15ClN2O. The predicted octanol–water partition coefficient (Wildman–Crippen LogP) is 2.51. The molecule has 0 unspecified atom stereocenters. The lowest BCUT2D eigenvalue weighted by Crippen LogP contribution is -2.53. The normalized spacial score (nSPS) is 26.8. The average Bonchev–Trinajstić information content (AvgIpc) is 2.32. The Morgan fingerprint density at radius 3 is 3.06 bits per heavy atom. The van der Waals surface area contributed by atoms with Gasteiger partial charge in [0.2, 0.25) is 0 Å². The van der Waals surface area contributed by atoms with Gasteiger partial charge in [0.15, 0.2) is 10.9 Å². The van der Waals surface area contributed by atoms with Crippen LogP contribution in [-0.2, 0) is 0 Å². The average molecular weight is 251 g/mol. The molecule has 1 aromatic heterocycles. The molecule has 3 nitrogen and oxygen atoms in total. The molecule has 2 heterocycles. The quantitative estimate of drug-likeness (QED) is 0.819. The third-order valence-corrected chi connectivity index (χ3v) is 4.00. The number of rotatable bonds is 2. The number of fused-ring (bicyclic) bond motifs is 1. The van der Waals surface area contributed by atoms with E-state index in [0.29, 0.717) is 16.9 Å². The Morgan fingerprint density at radius 1 is 1.53 bits per heavy atom. The number of nitrogens with zero attached hydrogens (tertiary/aromatic N) is 1. The van der Waals surface area contributed by atoms with Gasteiger partial charge >= 0.3 is 0 Å². The summed E-state index contributed by atoms with van der Waals surface area (Å²) in [7, 11) is 1.62. The van der Waals surface area contributed by atoms with Crippen molar-refractivity contribution < 1.29 is 4.74 Å². The van der Waals surface area contributed by atoms with Gasteiger partial charge in [-0.2, -0.15) is 0 Å². The van der Waals surface area contributed by atoms with Gasteiger partial charge in [0, 0.05) is 18.8 Å². The second-order valence-corrected chi connectivity index (χ2v) is 5.02. The molecule has 1 fully saturated rings. The summed E-state index contributed by atoms with van der Waals surface area (Å²) in [6.07, 6.45) is 6.40. The van der Waals surface area contributed by atoms with Gasteiger partial charge < -0.3 is 10.1 Å². The van der Waals surface area contributed by atoms with E-state index in [9.17, 15) is 0 Å². The second kappa shape index (κ2) is 4.31. The standard InChI is InChI=1S/C13H15ClN2O/c1-17-12-5-10(7-16-13(12)14)8-2-3-9-6-15-11(9)4-8/h2,5,7,9,11,15H,3-4,6H2,1H3/t9-,11-/m1/s1. The maximum atomic E-state index is 5.93. The molecule has 1 N–H and O–H groups in total. The minimum atomic E-state index is 0.423. The summed E-state index contributed by atoms with van der Waals surface area (Å²) in [5.41, 5.74) is 2.47. The van der Waals surface area contributed by atoms with Gasteiger partial charge in [-0.25, -0.2) is 4.98 Å². The van der Waals surface area contributed by atoms with Crippen LogP contribution in [0, 0.1) is 5.92 Å². The van der Waals surface area contributed by atoms with Crippen molar-refractivity contribution in [3.05, 3.63) is 29.1 Å². The molecule has 0 radical (unpaired) electrons. The summed E-state index contributed by atoms with van der Waals surface area (Å²) in [6, 6.07) is 2.62. The van der Waals surface area contributed by atoms with Crippen LogP contribution in [0.15, 0.2) is 18.3 Å². The highest BCUT2D eigenvalue weighted by Crippen LogP contribution is 2.35. The van der Waals surface area contributed by atoms with E-state index in [2.05, 4.69) is 16.4 Å². The van der Waals surface area contributed by atoms with E-state index in [1.54, 1.807) is 7.11 Å². The highest BCUT2D eigenvalue weighted by molar-refractivity contribution is 6.30. The van der Waals surface area contributed by atoms with Crippen LogP contribution in [-0.4, -0.2) is 24.7 Å². The number of ether oxygens (including phenoxy) is 1. The Balaban J connectivity index is 1.88. The summed E-state index contributed by atoms with van der Waals surface area (Å²) in [4.78, 5) is 4.17. The number of hydrogen-bond donors (Lipinski definition) is 1. The fraction of sp³-hybridized carbons (Fsp3) is 0.462. The van der Waals surface area contributed by atoms with E-state index >= 15 is 0 Å². The zero-order valence-electron chi connectivity index (χ0n) is 9.74. The molecule has 0 saturated carbocycles. The molecule has 1 aliphatic carbocycles. The number of hydrogen-bond acceptors (Lipinski definition) is 3. The molecule has 1 saturated heterocycles. The topological polar surface area (TPSA) is 34.1 Å². The Bertz CT molecular complexity index is 472. The van der Waals surface area contributed by atoms with Crippen LogP contribution in [0.4, 0.5) is 0 Å². The molecule has 17 heavy (non-hydrogen) atoms. The Labute approximate surface area is 106 Å². The van der Waals surface area contributed by atoms with Crippen LogP contribution >= 0.6 is 11.6 Å². The summed E-state index contributed by atoms with van der Waals surface area (Å²) in [5.74, 6) is 1.48. The Kier molecular flexibility index (Phi) is 2.81. The molecule has 3 rings (SSSR count). The molecule has 0 spiro atoms. The fourth-order valence-electron chi connectivity index (χ4n) is 2.53.